The maximum Gasteiger partial charge on any atom is 0.315 e. The van der Waals surface area contributed by atoms with Gasteiger partial charge in [-0.2, -0.15) is 0 Å². The van der Waals surface area contributed by atoms with Crippen molar-refractivity contribution in [1.29, 1.82) is 0 Å². The number of hydrogen-bond donors (Lipinski definition) is 1. The number of nitrogens with zero attached hydrogens (tertiary/aromatic N) is 4. The highest BCUT2D eigenvalue weighted by atomic mass is 32.1. The van der Waals surface area contributed by atoms with Crippen molar-refractivity contribution in [2.24, 2.45) is 5.16 Å². The lowest BCUT2D eigenvalue weighted by molar-refractivity contribution is 0.242. The Morgan fingerprint density at radius 1 is 1.32 bits per heavy atom. The van der Waals surface area contributed by atoms with E-state index in [4.69, 9.17) is 14.4 Å². The summed E-state index contributed by atoms with van der Waals surface area (Å²) < 4.78 is 11.0. The summed E-state index contributed by atoms with van der Waals surface area (Å²) in [6.07, 6.45) is 5.66. The lowest BCUT2D eigenvalue weighted by Crippen LogP contribution is -2.15. The van der Waals surface area contributed by atoms with Gasteiger partial charge in [0.2, 0.25) is 5.89 Å². The largest absolute Gasteiger partial charge is 0.463 e. The van der Waals surface area contributed by atoms with Crippen molar-refractivity contribution in [2.45, 2.75) is 6.42 Å². The van der Waals surface area contributed by atoms with Gasteiger partial charge in [0.25, 0.3) is 0 Å². The Bertz CT molecular complexity index is 841. The summed E-state index contributed by atoms with van der Waals surface area (Å²) in [7, 11) is 0. The topological polar surface area (TPSA) is 93.6 Å². The predicted molar refractivity (Wildman–Crippen MR) is 79.3 cm³/mol. The summed E-state index contributed by atoms with van der Waals surface area (Å²) in [5, 5.41) is 13.1. The van der Waals surface area contributed by atoms with Crippen LogP contribution in [0.3, 0.4) is 0 Å². The number of rotatable bonds is 2. The highest BCUT2D eigenvalue weighted by molar-refractivity contribution is 7.18. The number of thiazole rings is 1. The Morgan fingerprint density at radius 3 is 3.09 bits per heavy atom. The first kappa shape index (κ1) is 13.0. The standard InChI is InChI=1S/C14H10N4O3S/c19-18-9-3-5-20-14-11(9)17-12(21-14)10-7-16-13(22-10)8-2-1-4-15-6-8/h1-2,4,6-7,19H,3,5H2/b18-9+. The van der Waals surface area contributed by atoms with Gasteiger partial charge in [0.05, 0.1) is 12.8 Å². The second-order valence-corrected chi connectivity index (χ2v) is 5.60. The number of pyridine rings is 1. The number of fused-ring (bicyclic) bond motifs is 1. The third-order valence-electron chi connectivity index (χ3n) is 3.19. The van der Waals surface area contributed by atoms with Crippen molar-refractivity contribution in [3.05, 3.63) is 36.4 Å². The first-order valence-electron chi connectivity index (χ1n) is 6.56. The van der Waals surface area contributed by atoms with Gasteiger partial charge in [0.1, 0.15) is 15.6 Å². The Labute approximate surface area is 128 Å². The summed E-state index contributed by atoms with van der Waals surface area (Å²) in [5.41, 5.74) is 1.84. The van der Waals surface area contributed by atoms with E-state index in [1.54, 1.807) is 18.6 Å². The van der Waals surface area contributed by atoms with E-state index in [0.29, 0.717) is 30.3 Å². The second-order valence-electron chi connectivity index (χ2n) is 4.57. The zero-order valence-corrected chi connectivity index (χ0v) is 12.1. The normalized spacial score (nSPS) is 15.5. The van der Waals surface area contributed by atoms with Crippen molar-refractivity contribution < 1.29 is 14.4 Å². The summed E-state index contributed by atoms with van der Waals surface area (Å²) in [4.78, 5) is 13.6. The van der Waals surface area contributed by atoms with E-state index in [1.807, 2.05) is 12.1 Å². The molecule has 0 radical (unpaired) electrons. The molecule has 1 N–H and O–H groups in total. The molecule has 0 saturated carbocycles. The zero-order chi connectivity index (χ0) is 14.9. The quantitative estimate of drug-likeness (QED) is 0.577. The van der Waals surface area contributed by atoms with Crippen LogP contribution in [-0.4, -0.2) is 32.5 Å². The van der Waals surface area contributed by atoms with Crippen molar-refractivity contribution in [3.63, 3.8) is 0 Å². The predicted octanol–water partition coefficient (Wildman–Crippen LogP) is 2.82. The number of ether oxygens (including phenoxy) is 1. The average Bonchev–Trinajstić information content (AvgIpc) is 3.21. The molecule has 0 aromatic carbocycles. The van der Waals surface area contributed by atoms with E-state index < -0.39 is 0 Å². The minimum absolute atomic E-state index is 0.283. The van der Waals surface area contributed by atoms with Crippen LogP contribution in [0.5, 0.6) is 5.95 Å². The van der Waals surface area contributed by atoms with Gasteiger partial charge in [0.15, 0.2) is 5.69 Å². The van der Waals surface area contributed by atoms with Gasteiger partial charge in [-0.05, 0) is 12.1 Å². The molecule has 0 bridgehead atoms. The molecule has 0 amide bonds. The fraction of sp³-hybridized carbons (Fsp3) is 0.143. The lowest BCUT2D eigenvalue weighted by atomic mass is 10.2. The van der Waals surface area contributed by atoms with Gasteiger partial charge in [0, 0.05) is 24.4 Å². The summed E-state index contributed by atoms with van der Waals surface area (Å²) in [6, 6.07) is 3.80. The smallest absolute Gasteiger partial charge is 0.315 e. The third kappa shape index (κ3) is 2.13. The van der Waals surface area contributed by atoms with Gasteiger partial charge in [-0.15, -0.1) is 11.3 Å². The van der Waals surface area contributed by atoms with Crippen LogP contribution >= 0.6 is 11.3 Å². The van der Waals surface area contributed by atoms with Crippen molar-refractivity contribution >= 4 is 17.0 Å². The van der Waals surface area contributed by atoms with Crippen molar-refractivity contribution in [1.82, 2.24) is 15.0 Å². The van der Waals surface area contributed by atoms with Gasteiger partial charge in [-0.25, -0.2) is 9.97 Å². The fourth-order valence-corrected chi connectivity index (χ4v) is 2.98. The molecule has 22 heavy (non-hydrogen) atoms. The molecule has 7 nitrogen and oxygen atoms in total. The molecule has 0 spiro atoms. The first-order valence-corrected chi connectivity index (χ1v) is 7.38. The van der Waals surface area contributed by atoms with Crippen LogP contribution in [0.4, 0.5) is 0 Å². The van der Waals surface area contributed by atoms with Gasteiger partial charge < -0.3 is 14.4 Å². The maximum atomic E-state index is 9.00. The third-order valence-corrected chi connectivity index (χ3v) is 4.22. The van der Waals surface area contributed by atoms with Gasteiger partial charge in [-0.1, -0.05) is 5.16 Å². The van der Waals surface area contributed by atoms with Crippen LogP contribution < -0.4 is 4.74 Å². The van der Waals surface area contributed by atoms with E-state index >= 15 is 0 Å². The Kier molecular flexibility index (Phi) is 3.08. The molecule has 0 saturated heterocycles. The van der Waals surface area contributed by atoms with Gasteiger partial charge in [-0.3, -0.25) is 4.98 Å². The van der Waals surface area contributed by atoms with E-state index in [2.05, 4.69) is 20.1 Å². The summed E-state index contributed by atoms with van der Waals surface area (Å²) in [5.74, 6) is 0.686. The highest BCUT2D eigenvalue weighted by Crippen LogP contribution is 2.35. The minimum atomic E-state index is 0.283. The fourth-order valence-electron chi connectivity index (χ4n) is 2.14. The Balaban J connectivity index is 1.72. The molecule has 4 heterocycles. The molecule has 8 heteroatoms. The van der Waals surface area contributed by atoms with E-state index in [1.165, 1.54) is 11.3 Å². The van der Waals surface area contributed by atoms with Gasteiger partial charge >= 0.3 is 5.95 Å². The molecule has 0 unspecified atom stereocenters. The molecule has 4 rings (SSSR count). The molecule has 0 atom stereocenters. The summed E-state index contributed by atoms with van der Waals surface area (Å²) in [6.45, 7) is 0.407. The molecular weight excluding hydrogens is 304 g/mol. The van der Waals surface area contributed by atoms with Crippen LogP contribution in [0, 0.1) is 0 Å². The maximum absolute atomic E-state index is 9.00. The monoisotopic (exact) mass is 314 g/mol. The number of aromatic nitrogens is 3. The van der Waals surface area contributed by atoms with Crippen LogP contribution in [-0.2, 0) is 0 Å². The van der Waals surface area contributed by atoms with Crippen LogP contribution in [0.1, 0.15) is 12.1 Å². The van der Waals surface area contributed by atoms with Crippen LogP contribution in [0.15, 0.2) is 40.3 Å². The second kappa shape index (κ2) is 5.23. The zero-order valence-electron chi connectivity index (χ0n) is 11.3. The summed E-state index contributed by atoms with van der Waals surface area (Å²) >= 11 is 1.45. The molecule has 1 aliphatic heterocycles. The molecule has 3 aromatic heterocycles. The highest BCUT2D eigenvalue weighted by Gasteiger charge is 2.26. The van der Waals surface area contributed by atoms with Crippen LogP contribution in [0.2, 0.25) is 0 Å². The number of hydrogen-bond acceptors (Lipinski definition) is 8. The first-order chi connectivity index (χ1) is 10.8. The lowest BCUT2D eigenvalue weighted by Gasteiger charge is -2.09. The Morgan fingerprint density at radius 2 is 2.27 bits per heavy atom. The van der Waals surface area contributed by atoms with E-state index in [0.717, 1.165) is 15.4 Å². The number of oxime groups is 1. The minimum Gasteiger partial charge on any atom is -0.463 e. The Hall–Kier alpha value is -2.74. The van der Waals surface area contributed by atoms with E-state index in [-0.39, 0.29) is 5.95 Å². The molecule has 1 aliphatic rings. The molecule has 0 fully saturated rings. The molecule has 0 aliphatic carbocycles. The molecule has 3 aromatic rings. The average molecular weight is 314 g/mol. The van der Waals surface area contributed by atoms with E-state index in [9.17, 15) is 0 Å². The van der Waals surface area contributed by atoms with Crippen molar-refractivity contribution in [2.75, 3.05) is 6.61 Å². The van der Waals surface area contributed by atoms with Crippen molar-refractivity contribution in [3.8, 4) is 27.3 Å². The number of oxazole rings is 1. The molecule has 110 valence electrons. The molecular formula is C14H10N4O3S. The van der Waals surface area contributed by atoms with Crippen LogP contribution in [0.25, 0.3) is 21.3 Å². The SMILES string of the molecule is O/N=C1\CCOc2oc(-c3cnc(-c4cccnc4)s3)nc21.